The van der Waals surface area contributed by atoms with Crippen LogP contribution >= 0.6 is 0 Å². The molecule has 3 heterocycles. The molecule has 1 aliphatic carbocycles. The van der Waals surface area contributed by atoms with Crippen molar-refractivity contribution in [3.8, 4) is 0 Å². The maximum absolute atomic E-state index is 13.8. The third kappa shape index (κ3) is 4.06. The van der Waals surface area contributed by atoms with Gasteiger partial charge >= 0.3 is 5.97 Å². The molecule has 9 heteroatoms. The van der Waals surface area contributed by atoms with Crippen molar-refractivity contribution in [2.75, 3.05) is 24.6 Å². The van der Waals surface area contributed by atoms with Gasteiger partial charge in [0.25, 0.3) is 0 Å². The Morgan fingerprint density at radius 1 is 1.24 bits per heavy atom. The van der Waals surface area contributed by atoms with Gasteiger partial charge in [-0.3, -0.25) is 14.9 Å². The minimum absolute atomic E-state index is 0.150. The third-order valence-electron chi connectivity index (χ3n) is 7.40. The molecule has 0 spiro atoms. The molecule has 33 heavy (non-hydrogen) atoms. The van der Waals surface area contributed by atoms with Crippen molar-refractivity contribution >= 4 is 17.7 Å². The summed E-state index contributed by atoms with van der Waals surface area (Å²) in [6.07, 6.45) is 5.14. The van der Waals surface area contributed by atoms with Crippen LogP contribution in [-0.4, -0.2) is 58.5 Å². The summed E-state index contributed by atoms with van der Waals surface area (Å²) in [6, 6.07) is 0.549. The lowest BCUT2D eigenvalue weighted by Crippen LogP contribution is -2.50. The number of aromatic nitrogens is 1. The summed E-state index contributed by atoms with van der Waals surface area (Å²) in [6.45, 7) is 9.19. The zero-order chi connectivity index (χ0) is 23.9. The lowest BCUT2D eigenvalue weighted by Gasteiger charge is -2.38. The molecule has 1 saturated carbocycles. The molecule has 1 aromatic rings. The number of nitro groups is 1. The van der Waals surface area contributed by atoms with E-state index >= 15 is 0 Å². The molecule has 0 radical (unpaired) electrons. The first-order valence-electron chi connectivity index (χ1n) is 12.0. The smallest absolute Gasteiger partial charge is 0.329 e. The van der Waals surface area contributed by atoms with Crippen LogP contribution in [0.4, 0.5) is 5.82 Å². The van der Waals surface area contributed by atoms with Gasteiger partial charge in [-0.15, -0.1) is 0 Å². The quantitative estimate of drug-likeness (QED) is 0.366. The second-order valence-corrected chi connectivity index (χ2v) is 10.4. The molecule has 1 amide bonds. The number of rotatable bonds is 6. The van der Waals surface area contributed by atoms with E-state index in [4.69, 9.17) is 4.74 Å². The van der Waals surface area contributed by atoms with Crippen molar-refractivity contribution in [2.45, 2.75) is 71.5 Å². The van der Waals surface area contributed by atoms with Crippen molar-refractivity contribution in [2.24, 2.45) is 17.3 Å². The Morgan fingerprint density at radius 3 is 2.42 bits per heavy atom. The van der Waals surface area contributed by atoms with Gasteiger partial charge in [-0.1, -0.05) is 33.3 Å². The van der Waals surface area contributed by atoms with Gasteiger partial charge in [-0.05, 0) is 37.7 Å². The van der Waals surface area contributed by atoms with Gasteiger partial charge in [0.05, 0.1) is 12.5 Å². The molecule has 3 aliphatic rings. The number of ether oxygens (including phenoxy) is 1. The van der Waals surface area contributed by atoms with Crippen molar-refractivity contribution in [1.29, 1.82) is 0 Å². The predicted molar refractivity (Wildman–Crippen MR) is 122 cm³/mol. The van der Waals surface area contributed by atoms with Gasteiger partial charge in [0.2, 0.25) is 11.9 Å². The van der Waals surface area contributed by atoms with E-state index < -0.39 is 35.4 Å². The number of hydrogen-bond donors (Lipinski definition) is 0. The zero-order valence-corrected chi connectivity index (χ0v) is 19.9. The van der Waals surface area contributed by atoms with Gasteiger partial charge in [-0.25, -0.2) is 9.78 Å². The highest BCUT2D eigenvalue weighted by molar-refractivity contribution is 5.88. The second-order valence-electron chi connectivity index (χ2n) is 10.4. The van der Waals surface area contributed by atoms with E-state index in [1.165, 1.54) is 4.90 Å². The highest BCUT2D eigenvalue weighted by Gasteiger charge is 2.65. The predicted octanol–water partition coefficient (Wildman–Crippen LogP) is 3.21. The lowest BCUT2D eigenvalue weighted by atomic mass is 9.72. The van der Waals surface area contributed by atoms with Gasteiger partial charge < -0.3 is 14.5 Å². The average molecular weight is 459 g/mol. The van der Waals surface area contributed by atoms with Crippen LogP contribution in [0.15, 0.2) is 18.3 Å². The SMILES string of the molecule is CCOC(=O)[C@@H]1[C@@H](C(C)(C)C)[C@H]([N+](=O)[O-])[C@H](c2cccnc2N2CCC2)N1C(=O)C1CCC1. The number of carbonyl (C=O) groups excluding carboxylic acids is 2. The van der Waals surface area contributed by atoms with E-state index in [1.807, 2.05) is 26.8 Å². The minimum atomic E-state index is -1.15. The molecule has 1 aromatic heterocycles. The van der Waals surface area contributed by atoms with E-state index in [0.29, 0.717) is 11.4 Å². The van der Waals surface area contributed by atoms with Crippen LogP contribution in [0.2, 0.25) is 0 Å². The van der Waals surface area contributed by atoms with Crippen LogP contribution in [0.1, 0.15) is 65.0 Å². The summed E-state index contributed by atoms with van der Waals surface area (Å²) in [5.74, 6) is -0.982. The standard InChI is InChI=1S/C24H34N4O5/c1-5-33-23(30)20-17(24(2,3)4)19(28(31)32)18(27(20)22(29)15-9-6-10-15)16-11-7-12-25-21(16)26-13-8-14-26/h7,11-12,15,17-20H,5-6,8-10,13-14H2,1-4H3/t17-,18-,19-,20-/m0/s1. The Kier molecular flexibility index (Phi) is 6.33. The zero-order valence-electron chi connectivity index (χ0n) is 19.9. The first kappa shape index (κ1) is 23.4. The summed E-state index contributed by atoms with van der Waals surface area (Å²) in [5, 5.41) is 12.6. The van der Waals surface area contributed by atoms with Crippen LogP contribution in [-0.2, 0) is 14.3 Å². The molecule has 3 fully saturated rings. The number of pyridine rings is 1. The molecule has 180 valence electrons. The summed E-state index contributed by atoms with van der Waals surface area (Å²) >= 11 is 0. The van der Waals surface area contributed by atoms with Crippen molar-refractivity contribution in [1.82, 2.24) is 9.88 Å². The first-order chi connectivity index (χ1) is 15.7. The number of amides is 1. The molecule has 2 saturated heterocycles. The Morgan fingerprint density at radius 2 is 1.94 bits per heavy atom. The van der Waals surface area contributed by atoms with Crippen LogP contribution in [0.5, 0.6) is 0 Å². The normalized spacial score (nSPS) is 27.6. The maximum atomic E-state index is 13.8. The topological polar surface area (TPSA) is 106 Å². The number of esters is 1. The number of carbonyl (C=O) groups is 2. The molecule has 9 nitrogen and oxygen atoms in total. The van der Waals surface area contributed by atoms with E-state index in [2.05, 4.69) is 9.88 Å². The molecular formula is C24H34N4O5. The van der Waals surface area contributed by atoms with E-state index in [-0.39, 0.29) is 23.4 Å². The van der Waals surface area contributed by atoms with Crippen LogP contribution in [0.3, 0.4) is 0 Å². The molecular weight excluding hydrogens is 424 g/mol. The lowest BCUT2D eigenvalue weighted by molar-refractivity contribution is -0.536. The van der Waals surface area contributed by atoms with E-state index in [1.54, 1.807) is 19.2 Å². The van der Waals surface area contributed by atoms with E-state index in [0.717, 1.165) is 38.8 Å². The van der Waals surface area contributed by atoms with Gasteiger partial charge in [-0.2, -0.15) is 0 Å². The van der Waals surface area contributed by atoms with Gasteiger partial charge in [0.1, 0.15) is 17.9 Å². The minimum Gasteiger partial charge on any atom is -0.464 e. The van der Waals surface area contributed by atoms with Gasteiger partial charge in [0.15, 0.2) is 0 Å². The van der Waals surface area contributed by atoms with E-state index in [9.17, 15) is 19.7 Å². The Hall–Kier alpha value is -2.71. The molecule has 4 rings (SSSR count). The highest BCUT2D eigenvalue weighted by Crippen LogP contribution is 2.52. The monoisotopic (exact) mass is 458 g/mol. The fraction of sp³-hybridized carbons (Fsp3) is 0.708. The summed E-state index contributed by atoms with van der Waals surface area (Å²) < 4.78 is 5.40. The van der Waals surface area contributed by atoms with Crippen molar-refractivity contribution < 1.29 is 19.2 Å². The number of nitrogens with zero attached hydrogens (tertiary/aromatic N) is 4. The Balaban J connectivity index is 1.91. The highest BCUT2D eigenvalue weighted by atomic mass is 16.6. The van der Waals surface area contributed by atoms with Gasteiger partial charge in [0, 0.05) is 35.7 Å². The van der Waals surface area contributed by atoms with Crippen LogP contribution in [0, 0.1) is 27.4 Å². The molecule has 2 aliphatic heterocycles. The number of anilines is 1. The second kappa shape index (κ2) is 8.91. The fourth-order valence-corrected chi connectivity index (χ4v) is 5.52. The third-order valence-corrected chi connectivity index (χ3v) is 7.40. The van der Waals surface area contributed by atoms with Crippen molar-refractivity contribution in [3.05, 3.63) is 34.0 Å². The summed E-state index contributed by atoms with van der Waals surface area (Å²) in [5.41, 5.74) is 0.0360. The summed E-state index contributed by atoms with van der Waals surface area (Å²) in [4.78, 5) is 47.6. The number of hydrogen-bond acceptors (Lipinski definition) is 7. The molecule has 0 bridgehead atoms. The van der Waals surface area contributed by atoms with Crippen LogP contribution in [0.25, 0.3) is 0 Å². The summed E-state index contributed by atoms with van der Waals surface area (Å²) in [7, 11) is 0. The first-order valence-corrected chi connectivity index (χ1v) is 12.0. The Bertz CT molecular complexity index is 922. The Labute approximate surface area is 194 Å². The molecule has 0 unspecified atom stereocenters. The average Bonchev–Trinajstić information content (AvgIpc) is 3.02. The number of likely N-dealkylation sites (tertiary alicyclic amines) is 1. The maximum Gasteiger partial charge on any atom is 0.329 e. The molecule has 4 atom stereocenters. The molecule has 0 aromatic carbocycles. The van der Waals surface area contributed by atoms with Crippen molar-refractivity contribution in [3.63, 3.8) is 0 Å². The van der Waals surface area contributed by atoms with Crippen LogP contribution < -0.4 is 4.90 Å². The largest absolute Gasteiger partial charge is 0.464 e. The molecule has 0 N–H and O–H groups in total. The fourth-order valence-electron chi connectivity index (χ4n) is 5.52.